The lowest BCUT2D eigenvalue weighted by molar-refractivity contribution is -0.137. The van der Waals surface area contributed by atoms with Crippen molar-refractivity contribution in [2.75, 3.05) is 0 Å². The topological polar surface area (TPSA) is 43.1 Å². The van der Waals surface area contributed by atoms with Gasteiger partial charge in [0.1, 0.15) is 5.69 Å². The summed E-state index contributed by atoms with van der Waals surface area (Å²) in [6.07, 6.45) is -3.41. The highest BCUT2D eigenvalue weighted by atomic mass is 35.5. The number of aromatic nitrogens is 3. The Balaban J connectivity index is 1.89. The van der Waals surface area contributed by atoms with Crippen LogP contribution in [0, 0.1) is 0 Å². The minimum Gasteiger partial charge on any atom is -0.248 e. The summed E-state index contributed by atoms with van der Waals surface area (Å²) in [7, 11) is 0. The normalized spacial score (nSPS) is 11.3. The number of benzene rings is 3. The molecule has 0 aliphatic carbocycles. The Morgan fingerprint density at radius 2 is 1.47 bits per heavy atom. The van der Waals surface area contributed by atoms with E-state index in [9.17, 15) is 13.2 Å². The third-order valence-electron chi connectivity index (χ3n) is 4.30. The second-order valence-corrected chi connectivity index (χ2v) is 6.74. The van der Waals surface area contributed by atoms with Gasteiger partial charge in [-0.05, 0) is 18.2 Å². The lowest BCUT2D eigenvalue weighted by atomic mass is 10.0. The van der Waals surface area contributed by atoms with Crippen molar-refractivity contribution in [3.63, 3.8) is 0 Å². The quantitative estimate of drug-likeness (QED) is 0.369. The first kappa shape index (κ1) is 19.8. The highest BCUT2D eigenvalue weighted by molar-refractivity contribution is 6.29. The fourth-order valence-electron chi connectivity index (χ4n) is 2.97. The zero-order valence-electron chi connectivity index (χ0n) is 15.4. The zero-order chi connectivity index (χ0) is 21.1. The molecule has 8 heteroatoms. The van der Waals surface area contributed by atoms with Gasteiger partial charge in [-0.2, -0.15) is 18.3 Å². The minimum absolute atomic E-state index is 0.00807. The second kappa shape index (κ2) is 8.12. The first-order chi connectivity index (χ1) is 14.4. The maximum absolute atomic E-state index is 13.5. The van der Waals surface area contributed by atoms with Gasteiger partial charge in [0.15, 0.2) is 5.15 Å². The fourth-order valence-corrected chi connectivity index (χ4v) is 3.09. The molecule has 1 heterocycles. The van der Waals surface area contributed by atoms with Crippen molar-refractivity contribution in [3.05, 3.63) is 107 Å². The standard InChI is InChI=1S/C22H14ClF3N4/c23-20-14-27-30(29-20)19-13-17(11-12-18(19)22(24,25)26)28-21(15-7-3-1-4-8-15)16-9-5-2-6-10-16/h1-14H. The molecule has 4 nitrogen and oxygen atoms in total. The number of alkyl halides is 3. The van der Waals surface area contributed by atoms with Gasteiger partial charge in [0, 0.05) is 11.1 Å². The Kier molecular flexibility index (Phi) is 5.37. The predicted molar refractivity (Wildman–Crippen MR) is 110 cm³/mol. The molecular weight excluding hydrogens is 413 g/mol. The number of hydrogen-bond donors (Lipinski definition) is 0. The molecule has 0 aliphatic heterocycles. The Morgan fingerprint density at radius 3 is 1.97 bits per heavy atom. The van der Waals surface area contributed by atoms with E-state index in [0.717, 1.165) is 22.0 Å². The summed E-state index contributed by atoms with van der Waals surface area (Å²) < 4.78 is 40.6. The van der Waals surface area contributed by atoms with Gasteiger partial charge < -0.3 is 0 Å². The number of hydrogen-bond acceptors (Lipinski definition) is 3. The zero-order valence-corrected chi connectivity index (χ0v) is 16.1. The van der Waals surface area contributed by atoms with Crippen molar-refractivity contribution >= 4 is 23.0 Å². The van der Waals surface area contributed by atoms with Crippen molar-refractivity contribution < 1.29 is 13.2 Å². The molecule has 0 N–H and O–H groups in total. The summed E-state index contributed by atoms with van der Waals surface area (Å²) in [6, 6.07) is 22.4. The molecule has 3 aromatic carbocycles. The monoisotopic (exact) mass is 426 g/mol. The van der Waals surface area contributed by atoms with Crippen molar-refractivity contribution in [2.45, 2.75) is 6.18 Å². The van der Waals surface area contributed by atoms with Gasteiger partial charge in [0.25, 0.3) is 0 Å². The molecule has 150 valence electrons. The van der Waals surface area contributed by atoms with E-state index in [1.165, 1.54) is 18.3 Å². The molecule has 0 radical (unpaired) electrons. The molecule has 30 heavy (non-hydrogen) atoms. The van der Waals surface area contributed by atoms with E-state index in [0.29, 0.717) is 11.4 Å². The van der Waals surface area contributed by atoms with Gasteiger partial charge in [0.2, 0.25) is 0 Å². The van der Waals surface area contributed by atoms with Gasteiger partial charge in [-0.15, -0.1) is 9.90 Å². The molecule has 0 aliphatic rings. The van der Waals surface area contributed by atoms with E-state index in [1.54, 1.807) is 0 Å². The van der Waals surface area contributed by atoms with Crippen LogP contribution in [0.4, 0.5) is 18.9 Å². The summed E-state index contributed by atoms with van der Waals surface area (Å²) in [5.41, 5.74) is 1.50. The maximum Gasteiger partial charge on any atom is 0.418 e. The molecule has 0 bridgehead atoms. The molecule has 0 fully saturated rings. The van der Waals surface area contributed by atoms with Gasteiger partial charge >= 0.3 is 6.18 Å². The van der Waals surface area contributed by atoms with Crippen LogP contribution in [0.15, 0.2) is 90.1 Å². The second-order valence-electron chi connectivity index (χ2n) is 6.35. The van der Waals surface area contributed by atoms with Gasteiger partial charge in [-0.3, -0.25) is 0 Å². The van der Waals surface area contributed by atoms with Crippen molar-refractivity contribution in [3.8, 4) is 5.69 Å². The van der Waals surface area contributed by atoms with Crippen LogP contribution in [0.2, 0.25) is 5.15 Å². The van der Waals surface area contributed by atoms with E-state index >= 15 is 0 Å². The van der Waals surface area contributed by atoms with E-state index in [1.807, 2.05) is 60.7 Å². The van der Waals surface area contributed by atoms with Crippen LogP contribution in [0.3, 0.4) is 0 Å². The molecule has 4 aromatic rings. The molecule has 1 aromatic heterocycles. The third kappa shape index (κ3) is 4.26. The van der Waals surface area contributed by atoms with Crippen molar-refractivity contribution in [2.24, 2.45) is 4.99 Å². The number of halogens is 4. The smallest absolute Gasteiger partial charge is 0.248 e. The molecule has 4 rings (SSSR count). The summed E-state index contributed by atoms with van der Waals surface area (Å²) >= 11 is 5.76. The molecule has 0 spiro atoms. The fraction of sp³-hybridized carbons (Fsp3) is 0.0455. The molecular formula is C22H14ClF3N4. The van der Waals surface area contributed by atoms with Crippen LogP contribution in [0.5, 0.6) is 0 Å². The minimum atomic E-state index is -4.58. The average molecular weight is 427 g/mol. The number of rotatable bonds is 4. The van der Waals surface area contributed by atoms with Crippen LogP contribution in [0.1, 0.15) is 16.7 Å². The van der Waals surface area contributed by atoms with E-state index in [-0.39, 0.29) is 10.8 Å². The highest BCUT2D eigenvalue weighted by Gasteiger charge is 2.34. The third-order valence-corrected chi connectivity index (χ3v) is 4.47. The van der Waals surface area contributed by atoms with Crippen LogP contribution in [-0.4, -0.2) is 20.7 Å². The average Bonchev–Trinajstić information content (AvgIpc) is 3.19. The number of aliphatic imine (C=N–C) groups is 1. The lowest BCUT2D eigenvalue weighted by Gasteiger charge is -2.13. The van der Waals surface area contributed by atoms with Crippen molar-refractivity contribution in [1.82, 2.24) is 15.0 Å². The van der Waals surface area contributed by atoms with Crippen molar-refractivity contribution in [1.29, 1.82) is 0 Å². The molecule has 0 saturated carbocycles. The predicted octanol–water partition coefficient (Wildman–Crippen LogP) is 6.11. The Morgan fingerprint density at radius 1 is 0.867 bits per heavy atom. The Labute approximate surface area is 175 Å². The van der Waals surface area contributed by atoms with E-state index in [4.69, 9.17) is 11.6 Å². The van der Waals surface area contributed by atoms with Gasteiger partial charge in [-0.25, -0.2) is 4.99 Å². The van der Waals surface area contributed by atoms with E-state index < -0.39 is 11.7 Å². The summed E-state index contributed by atoms with van der Waals surface area (Å²) in [4.78, 5) is 5.52. The number of nitrogens with zero attached hydrogens (tertiary/aromatic N) is 4. The Hall–Kier alpha value is -3.45. The SMILES string of the molecule is FC(F)(F)c1ccc(N=C(c2ccccc2)c2ccccc2)cc1-n1ncc(Cl)n1. The molecule has 0 amide bonds. The van der Waals surface area contributed by atoms with Crippen LogP contribution in [-0.2, 0) is 6.18 Å². The first-order valence-corrected chi connectivity index (χ1v) is 9.28. The first-order valence-electron chi connectivity index (χ1n) is 8.91. The lowest BCUT2D eigenvalue weighted by Crippen LogP contribution is -2.12. The van der Waals surface area contributed by atoms with Crippen LogP contribution in [0.25, 0.3) is 5.69 Å². The maximum atomic E-state index is 13.5. The van der Waals surface area contributed by atoms with Crippen LogP contribution >= 0.6 is 11.6 Å². The summed E-state index contributed by atoms with van der Waals surface area (Å²) in [5.74, 6) is 0. The van der Waals surface area contributed by atoms with Crippen LogP contribution < -0.4 is 0 Å². The molecule has 0 unspecified atom stereocenters. The molecule has 0 saturated heterocycles. The van der Waals surface area contributed by atoms with E-state index in [2.05, 4.69) is 15.2 Å². The summed E-state index contributed by atoms with van der Waals surface area (Å²) in [5, 5.41) is 7.63. The summed E-state index contributed by atoms with van der Waals surface area (Å²) in [6.45, 7) is 0. The largest absolute Gasteiger partial charge is 0.418 e. The van der Waals surface area contributed by atoms with Gasteiger partial charge in [-0.1, -0.05) is 72.3 Å². The highest BCUT2D eigenvalue weighted by Crippen LogP contribution is 2.35. The Bertz CT molecular complexity index is 1140. The van der Waals surface area contributed by atoms with Gasteiger partial charge in [0.05, 0.1) is 23.2 Å². The molecule has 0 atom stereocenters.